The van der Waals surface area contributed by atoms with E-state index < -0.39 is 0 Å². The maximum absolute atomic E-state index is 11.0. The molecule has 5 heteroatoms. The molecule has 0 unspecified atom stereocenters. The zero-order valence-electron chi connectivity index (χ0n) is 5.83. The molecule has 0 aliphatic carbocycles. The Hall–Kier alpha value is -1.03. The molecule has 0 saturated heterocycles. The summed E-state index contributed by atoms with van der Waals surface area (Å²) in [5, 5.41) is 6.29. The fraction of sp³-hybridized carbons (Fsp3) is 0.333. The molecule has 0 saturated carbocycles. The van der Waals surface area contributed by atoms with Crippen LogP contribution >= 0.6 is 11.6 Å². The average molecular weight is 174 g/mol. The lowest BCUT2D eigenvalue weighted by molar-refractivity contribution is 0.240. The van der Waals surface area contributed by atoms with Crippen molar-refractivity contribution in [2.24, 2.45) is 0 Å². The standard InChI is InChI=1S/C6H8ClN3O/c7-2-4-8-6(11)10-5-1-3-9-10/h1,3,5H,2,4H2,(H,8,11). The lowest BCUT2D eigenvalue weighted by Gasteiger charge is -2.00. The summed E-state index contributed by atoms with van der Waals surface area (Å²) < 4.78 is 1.21. The van der Waals surface area contributed by atoms with Gasteiger partial charge in [-0.2, -0.15) is 9.78 Å². The maximum atomic E-state index is 11.0. The third-order valence-electron chi connectivity index (χ3n) is 1.08. The number of alkyl halides is 1. The van der Waals surface area contributed by atoms with Gasteiger partial charge >= 0.3 is 6.03 Å². The van der Waals surface area contributed by atoms with Crippen molar-refractivity contribution >= 4 is 17.6 Å². The molecule has 0 aromatic carbocycles. The Morgan fingerprint density at radius 2 is 2.55 bits per heavy atom. The zero-order valence-corrected chi connectivity index (χ0v) is 6.58. The van der Waals surface area contributed by atoms with E-state index in [0.29, 0.717) is 12.4 Å². The molecule has 0 aliphatic rings. The largest absolute Gasteiger partial charge is 0.342 e. The smallest absolute Gasteiger partial charge is 0.335 e. The van der Waals surface area contributed by atoms with E-state index in [-0.39, 0.29) is 6.03 Å². The molecular weight excluding hydrogens is 166 g/mol. The van der Waals surface area contributed by atoms with Gasteiger partial charge in [0.1, 0.15) is 0 Å². The molecule has 1 amide bonds. The first-order chi connectivity index (χ1) is 5.34. The molecule has 0 fully saturated rings. The third kappa shape index (κ3) is 2.23. The first-order valence-electron chi connectivity index (χ1n) is 3.18. The molecule has 0 radical (unpaired) electrons. The van der Waals surface area contributed by atoms with E-state index in [1.807, 2.05) is 0 Å². The zero-order chi connectivity index (χ0) is 8.10. The Balaban J connectivity index is 2.43. The predicted molar refractivity (Wildman–Crippen MR) is 41.7 cm³/mol. The third-order valence-corrected chi connectivity index (χ3v) is 1.27. The Kier molecular flexibility index (Phi) is 2.92. The molecule has 1 aromatic heterocycles. The number of hydrogen-bond acceptors (Lipinski definition) is 2. The fourth-order valence-corrected chi connectivity index (χ4v) is 0.719. The van der Waals surface area contributed by atoms with Crippen LogP contribution in [0.15, 0.2) is 18.5 Å². The first-order valence-corrected chi connectivity index (χ1v) is 3.72. The van der Waals surface area contributed by atoms with Crippen LogP contribution in [0.1, 0.15) is 0 Å². The number of nitrogens with one attached hydrogen (secondary N) is 1. The minimum Gasteiger partial charge on any atom is -0.335 e. The fourth-order valence-electron chi connectivity index (χ4n) is 0.624. The minimum atomic E-state index is -0.254. The summed E-state index contributed by atoms with van der Waals surface area (Å²) in [6.45, 7) is 0.459. The molecule has 0 spiro atoms. The highest BCUT2D eigenvalue weighted by atomic mass is 35.5. The van der Waals surface area contributed by atoms with E-state index in [2.05, 4.69) is 10.4 Å². The Bertz CT molecular complexity index is 222. The number of halogens is 1. The Morgan fingerprint density at radius 1 is 1.73 bits per heavy atom. The molecule has 60 valence electrons. The van der Waals surface area contributed by atoms with Crippen LogP contribution in [-0.4, -0.2) is 28.2 Å². The lowest BCUT2D eigenvalue weighted by atomic mass is 10.7. The first kappa shape index (κ1) is 8.07. The quantitative estimate of drug-likeness (QED) is 0.669. The summed E-state index contributed by atoms with van der Waals surface area (Å²) >= 11 is 5.36. The highest BCUT2D eigenvalue weighted by Gasteiger charge is 2.00. The number of nitrogens with zero attached hydrogens (tertiary/aromatic N) is 2. The van der Waals surface area contributed by atoms with Gasteiger partial charge in [0, 0.05) is 24.8 Å². The van der Waals surface area contributed by atoms with Crippen molar-refractivity contribution in [1.29, 1.82) is 0 Å². The molecule has 0 bridgehead atoms. The van der Waals surface area contributed by atoms with Crippen molar-refractivity contribution in [3.63, 3.8) is 0 Å². The number of aromatic nitrogens is 2. The van der Waals surface area contributed by atoms with Crippen molar-refractivity contribution in [2.75, 3.05) is 12.4 Å². The average Bonchev–Trinajstić information content (AvgIpc) is 2.52. The lowest BCUT2D eigenvalue weighted by Crippen LogP contribution is -2.30. The van der Waals surface area contributed by atoms with E-state index in [1.165, 1.54) is 4.68 Å². The van der Waals surface area contributed by atoms with Gasteiger partial charge in [0.2, 0.25) is 0 Å². The number of carbonyl (C=O) groups is 1. The monoisotopic (exact) mass is 173 g/mol. The van der Waals surface area contributed by atoms with E-state index in [9.17, 15) is 4.79 Å². The van der Waals surface area contributed by atoms with E-state index >= 15 is 0 Å². The predicted octanol–water partition coefficient (Wildman–Crippen LogP) is 0.680. The molecule has 4 nitrogen and oxygen atoms in total. The van der Waals surface area contributed by atoms with Gasteiger partial charge in [-0.1, -0.05) is 0 Å². The van der Waals surface area contributed by atoms with Crippen LogP contribution in [0.4, 0.5) is 4.79 Å². The second-order valence-electron chi connectivity index (χ2n) is 1.87. The Labute approximate surface area is 69.1 Å². The SMILES string of the molecule is O=C(NCCCl)n1cccn1. The van der Waals surface area contributed by atoms with Gasteiger partial charge in [0.15, 0.2) is 0 Å². The Morgan fingerprint density at radius 3 is 3.09 bits per heavy atom. The summed E-state index contributed by atoms with van der Waals surface area (Å²) in [4.78, 5) is 11.0. The summed E-state index contributed by atoms with van der Waals surface area (Å²) in [6, 6.07) is 1.43. The molecule has 1 heterocycles. The molecule has 11 heavy (non-hydrogen) atoms. The molecular formula is C6H8ClN3O. The highest BCUT2D eigenvalue weighted by molar-refractivity contribution is 6.18. The van der Waals surface area contributed by atoms with Gasteiger partial charge in [-0.25, -0.2) is 4.79 Å². The summed E-state index contributed by atoms with van der Waals surface area (Å²) in [5.41, 5.74) is 0. The normalized spacial score (nSPS) is 9.55. The maximum Gasteiger partial charge on any atom is 0.342 e. The molecule has 1 rings (SSSR count). The van der Waals surface area contributed by atoms with Crippen LogP contribution in [0, 0.1) is 0 Å². The van der Waals surface area contributed by atoms with Gasteiger partial charge in [-0.05, 0) is 6.07 Å². The molecule has 0 atom stereocenters. The molecule has 1 N–H and O–H groups in total. The van der Waals surface area contributed by atoms with Crippen molar-refractivity contribution in [3.8, 4) is 0 Å². The minimum absolute atomic E-state index is 0.254. The van der Waals surface area contributed by atoms with E-state index in [1.54, 1.807) is 18.5 Å². The summed E-state index contributed by atoms with van der Waals surface area (Å²) in [7, 11) is 0. The van der Waals surface area contributed by atoms with Crippen LogP contribution in [-0.2, 0) is 0 Å². The number of carbonyl (C=O) groups excluding carboxylic acids is 1. The van der Waals surface area contributed by atoms with Crippen LogP contribution in [0.25, 0.3) is 0 Å². The molecule has 0 aliphatic heterocycles. The van der Waals surface area contributed by atoms with Crippen molar-refractivity contribution in [1.82, 2.24) is 15.1 Å². The van der Waals surface area contributed by atoms with Crippen LogP contribution in [0.5, 0.6) is 0 Å². The van der Waals surface area contributed by atoms with Gasteiger partial charge in [-0.3, -0.25) is 0 Å². The van der Waals surface area contributed by atoms with E-state index in [0.717, 1.165) is 0 Å². The molecule has 1 aromatic rings. The summed E-state index contributed by atoms with van der Waals surface area (Å²) in [6.07, 6.45) is 3.11. The van der Waals surface area contributed by atoms with Crippen LogP contribution < -0.4 is 5.32 Å². The van der Waals surface area contributed by atoms with Crippen molar-refractivity contribution in [2.45, 2.75) is 0 Å². The van der Waals surface area contributed by atoms with Gasteiger partial charge in [-0.15, -0.1) is 11.6 Å². The van der Waals surface area contributed by atoms with E-state index in [4.69, 9.17) is 11.6 Å². The second-order valence-corrected chi connectivity index (χ2v) is 2.25. The summed E-state index contributed by atoms with van der Waals surface area (Å²) in [5.74, 6) is 0.410. The van der Waals surface area contributed by atoms with Crippen molar-refractivity contribution in [3.05, 3.63) is 18.5 Å². The highest BCUT2D eigenvalue weighted by Crippen LogP contribution is 1.82. The number of hydrogen-bond donors (Lipinski definition) is 1. The second kappa shape index (κ2) is 3.98. The number of amides is 1. The van der Waals surface area contributed by atoms with Crippen molar-refractivity contribution < 1.29 is 4.79 Å². The topological polar surface area (TPSA) is 46.9 Å². The van der Waals surface area contributed by atoms with Gasteiger partial charge in [0.25, 0.3) is 0 Å². The van der Waals surface area contributed by atoms with Crippen LogP contribution in [0.2, 0.25) is 0 Å². The number of rotatable bonds is 2. The van der Waals surface area contributed by atoms with Gasteiger partial charge < -0.3 is 5.32 Å². The van der Waals surface area contributed by atoms with Gasteiger partial charge in [0.05, 0.1) is 0 Å². The van der Waals surface area contributed by atoms with Crippen LogP contribution in [0.3, 0.4) is 0 Å².